The van der Waals surface area contributed by atoms with Crippen LogP contribution in [0.25, 0.3) is 11.3 Å². The van der Waals surface area contributed by atoms with E-state index in [0.717, 1.165) is 42.5 Å². The summed E-state index contributed by atoms with van der Waals surface area (Å²) < 4.78 is 0. The Balaban J connectivity index is 1.64. The first kappa shape index (κ1) is 17.6. The molecule has 0 bridgehead atoms. The van der Waals surface area contributed by atoms with E-state index in [9.17, 15) is 4.79 Å². The van der Waals surface area contributed by atoms with Gasteiger partial charge in [0, 0.05) is 29.4 Å². The van der Waals surface area contributed by atoms with Gasteiger partial charge in [-0.3, -0.25) is 14.9 Å². The van der Waals surface area contributed by atoms with Gasteiger partial charge in [-0.15, -0.1) is 0 Å². The Morgan fingerprint density at radius 3 is 2.40 bits per heavy atom. The van der Waals surface area contributed by atoms with Gasteiger partial charge in [-0.05, 0) is 56.1 Å². The first-order valence-corrected chi connectivity index (χ1v) is 9.12. The molecule has 0 saturated heterocycles. The van der Waals surface area contributed by atoms with Crippen LogP contribution < -0.4 is 5.32 Å². The molecule has 1 saturated carbocycles. The number of nitrogens with zero attached hydrogens (tertiary/aromatic N) is 2. The SMILES string of the molecule is Cc1c(NC(=O)C2CCC(C(C)(C)C)CC2)n[nH]c1-c1ccncc1. The summed E-state index contributed by atoms with van der Waals surface area (Å²) in [4.78, 5) is 16.7. The third-order valence-corrected chi connectivity index (χ3v) is 5.54. The molecule has 2 aromatic heterocycles. The Hall–Kier alpha value is -2.17. The predicted octanol–water partition coefficient (Wildman–Crippen LogP) is 4.57. The van der Waals surface area contributed by atoms with Gasteiger partial charge in [0.05, 0.1) is 5.69 Å². The van der Waals surface area contributed by atoms with E-state index in [4.69, 9.17) is 0 Å². The number of carbonyl (C=O) groups is 1. The fraction of sp³-hybridized carbons (Fsp3) is 0.550. The van der Waals surface area contributed by atoms with Crippen molar-refractivity contribution >= 4 is 11.7 Å². The van der Waals surface area contributed by atoms with E-state index in [2.05, 4.69) is 41.3 Å². The summed E-state index contributed by atoms with van der Waals surface area (Å²) in [5.41, 5.74) is 3.24. The zero-order valence-electron chi connectivity index (χ0n) is 15.6. The van der Waals surface area contributed by atoms with Crippen molar-refractivity contribution in [2.24, 2.45) is 17.3 Å². The number of rotatable bonds is 3. The summed E-state index contributed by atoms with van der Waals surface area (Å²) >= 11 is 0. The number of aromatic amines is 1. The summed E-state index contributed by atoms with van der Waals surface area (Å²) in [6.07, 6.45) is 7.69. The van der Waals surface area contributed by atoms with Gasteiger partial charge in [0.15, 0.2) is 5.82 Å². The maximum Gasteiger partial charge on any atom is 0.228 e. The van der Waals surface area contributed by atoms with Crippen molar-refractivity contribution in [1.29, 1.82) is 0 Å². The maximum atomic E-state index is 12.6. The van der Waals surface area contributed by atoms with Gasteiger partial charge >= 0.3 is 0 Å². The highest BCUT2D eigenvalue weighted by Crippen LogP contribution is 2.40. The normalized spacial score (nSPS) is 21.1. The number of H-pyrrole nitrogens is 1. The first-order chi connectivity index (χ1) is 11.9. The minimum absolute atomic E-state index is 0.0964. The Bertz CT molecular complexity index is 722. The van der Waals surface area contributed by atoms with Crippen LogP contribution in [0.5, 0.6) is 0 Å². The second-order valence-electron chi connectivity index (χ2n) is 8.21. The van der Waals surface area contributed by atoms with Gasteiger partial charge in [0.25, 0.3) is 0 Å². The molecule has 5 nitrogen and oxygen atoms in total. The lowest BCUT2D eigenvalue weighted by Crippen LogP contribution is -2.31. The largest absolute Gasteiger partial charge is 0.309 e. The third-order valence-electron chi connectivity index (χ3n) is 5.54. The quantitative estimate of drug-likeness (QED) is 0.859. The predicted molar refractivity (Wildman–Crippen MR) is 100 cm³/mol. The fourth-order valence-electron chi connectivity index (χ4n) is 3.76. The van der Waals surface area contributed by atoms with Crippen molar-refractivity contribution in [2.75, 3.05) is 5.32 Å². The van der Waals surface area contributed by atoms with Gasteiger partial charge in [0.2, 0.25) is 5.91 Å². The molecule has 0 aliphatic heterocycles. The Labute approximate surface area is 149 Å². The molecular weight excluding hydrogens is 312 g/mol. The third kappa shape index (κ3) is 3.91. The highest BCUT2D eigenvalue weighted by atomic mass is 16.2. The molecule has 25 heavy (non-hydrogen) atoms. The van der Waals surface area contributed by atoms with Gasteiger partial charge < -0.3 is 5.32 Å². The Morgan fingerprint density at radius 1 is 1.16 bits per heavy atom. The van der Waals surface area contributed by atoms with Gasteiger partial charge in [-0.25, -0.2) is 0 Å². The number of hydrogen-bond donors (Lipinski definition) is 2. The van der Waals surface area contributed by atoms with E-state index in [0.29, 0.717) is 17.2 Å². The van der Waals surface area contributed by atoms with E-state index < -0.39 is 0 Å². The van der Waals surface area contributed by atoms with E-state index in [1.165, 1.54) is 0 Å². The average Bonchev–Trinajstić information content (AvgIpc) is 2.96. The molecule has 3 rings (SSSR count). The highest BCUT2D eigenvalue weighted by molar-refractivity contribution is 5.93. The van der Waals surface area contributed by atoms with Gasteiger partial charge in [-0.1, -0.05) is 20.8 Å². The van der Waals surface area contributed by atoms with Gasteiger partial charge in [0.1, 0.15) is 0 Å². The number of hydrogen-bond acceptors (Lipinski definition) is 3. The summed E-state index contributed by atoms with van der Waals surface area (Å²) in [6.45, 7) is 8.87. The minimum atomic E-state index is 0.0964. The highest BCUT2D eigenvalue weighted by Gasteiger charge is 2.32. The lowest BCUT2D eigenvalue weighted by Gasteiger charge is -2.36. The van der Waals surface area contributed by atoms with Crippen molar-refractivity contribution in [3.8, 4) is 11.3 Å². The summed E-state index contributed by atoms with van der Waals surface area (Å²) in [5, 5.41) is 10.4. The van der Waals surface area contributed by atoms with Crippen molar-refractivity contribution in [3.05, 3.63) is 30.1 Å². The van der Waals surface area contributed by atoms with E-state index >= 15 is 0 Å². The molecule has 1 amide bonds. The van der Waals surface area contributed by atoms with Crippen LogP contribution in [0.1, 0.15) is 52.0 Å². The molecule has 2 aromatic rings. The van der Waals surface area contributed by atoms with E-state index in [1.807, 2.05) is 19.1 Å². The van der Waals surface area contributed by atoms with Crippen LogP contribution in [-0.2, 0) is 4.79 Å². The zero-order valence-corrected chi connectivity index (χ0v) is 15.6. The average molecular weight is 340 g/mol. The topological polar surface area (TPSA) is 70.7 Å². The molecule has 0 aromatic carbocycles. The number of pyridine rings is 1. The lowest BCUT2D eigenvalue weighted by atomic mass is 9.69. The lowest BCUT2D eigenvalue weighted by molar-refractivity contribution is -0.121. The molecule has 0 atom stereocenters. The molecule has 0 spiro atoms. The number of carbonyl (C=O) groups excluding carboxylic acids is 1. The van der Waals surface area contributed by atoms with Crippen LogP contribution in [0, 0.1) is 24.2 Å². The Morgan fingerprint density at radius 2 is 1.80 bits per heavy atom. The minimum Gasteiger partial charge on any atom is -0.309 e. The molecule has 1 aliphatic rings. The van der Waals surface area contributed by atoms with Crippen molar-refractivity contribution in [3.63, 3.8) is 0 Å². The molecule has 5 heteroatoms. The molecule has 2 heterocycles. The smallest absolute Gasteiger partial charge is 0.228 e. The second-order valence-corrected chi connectivity index (χ2v) is 8.21. The molecule has 0 unspecified atom stereocenters. The van der Waals surface area contributed by atoms with Gasteiger partial charge in [-0.2, -0.15) is 5.10 Å². The molecule has 134 valence electrons. The van der Waals surface area contributed by atoms with Crippen LogP contribution in [0.4, 0.5) is 5.82 Å². The summed E-state index contributed by atoms with van der Waals surface area (Å²) in [6, 6.07) is 3.86. The number of nitrogens with one attached hydrogen (secondary N) is 2. The molecule has 1 aliphatic carbocycles. The monoisotopic (exact) mass is 340 g/mol. The van der Waals surface area contributed by atoms with E-state index in [1.54, 1.807) is 12.4 Å². The number of anilines is 1. The van der Waals surface area contributed by atoms with Crippen LogP contribution in [0.2, 0.25) is 0 Å². The summed E-state index contributed by atoms with van der Waals surface area (Å²) in [7, 11) is 0. The number of aromatic nitrogens is 3. The van der Waals surface area contributed by atoms with Crippen LogP contribution in [0.3, 0.4) is 0 Å². The first-order valence-electron chi connectivity index (χ1n) is 9.12. The number of amides is 1. The molecule has 1 fully saturated rings. The van der Waals surface area contributed by atoms with Crippen molar-refractivity contribution in [1.82, 2.24) is 15.2 Å². The van der Waals surface area contributed by atoms with Crippen molar-refractivity contribution in [2.45, 2.75) is 53.4 Å². The zero-order chi connectivity index (χ0) is 18.0. The van der Waals surface area contributed by atoms with E-state index in [-0.39, 0.29) is 11.8 Å². The maximum absolute atomic E-state index is 12.6. The standard InChI is InChI=1S/C20H28N4O/c1-13-17(14-9-11-21-12-10-14)23-24-18(13)22-19(25)15-5-7-16(8-6-15)20(2,3)4/h9-12,15-16H,5-8H2,1-4H3,(H2,22,23,24,25). The molecular formula is C20H28N4O. The van der Waals surface area contributed by atoms with Crippen LogP contribution >= 0.6 is 0 Å². The van der Waals surface area contributed by atoms with Crippen LogP contribution in [-0.4, -0.2) is 21.1 Å². The van der Waals surface area contributed by atoms with Crippen LogP contribution in [0.15, 0.2) is 24.5 Å². The van der Waals surface area contributed by atoms with Crippen molar-refractivity contribution < 1.29 is 4.79 Å². The second kappa shape index (κ2) is 6.98. The Kier molecular flexibility index (Phi) is 4.93. The fourth-order valence-corrected chi connectivity index (χ4v) is 3.76. The summed E-state index contributed by atoms with van der Waals surface area (Å²) in [5.74, 6) is 1.54. The molecule has 2 N–H and O–H groups in total. The molecule has 0 radical (unpaired) electrons.